The van der Waals surface area contributed by atoms with Crippen LogP contribution in [0.5, 0.6) is 5.75 Å². The van der Waals surface area contributed by atoms with Crippen molar-refractivity contribution in [2.45, 2.75) is 13.0 Å². The first-order chi connectivity index (χ1) is 6.43. The van der Waals surface area contributed by atoms with Gasteiger partial charge in [0.25, 0.3) is 0 Å². The van der Waals surface area contributed by atoms with E-state index in [4.69, 9.17) is 34.0 Å². The van der Waals surface area contributed by atoms with Crippen LogP contribution in [0.1, 0.15) is 17.3 Å². The van der Waals surface area contributed by atoms with Crippen molar-refractivity contribution < 1.29 is 9.90 Å². The van der Waals surface area contributed by atoms with E-state index in [-0.39, 0.29) is 27.1 Å². The minimum absolute atomic E-state index is 0.0822. The SMILES string of the molecule is CC(N)C(=O)c1c(Cl)cc(O)cc1Cl. The summed E-state index contributed by atoms with van der Waals surface area (Å²) < 4.78 is 0. The first-order valence-corrected chi connectivity index (χ1v) is 4.67. The van der Waals surface area contributed by atoms with Gasteiger partial charge < -0.3 is 10.8 Å². The van der Waals surface area contributed by atoms with Crippen molar-refractivity contribution in [2.75, 3.05) is 0 Å². The molecule has 0 spiro atoms. The zero-order chi connectivity index (χ0) is 10.9. The second kappa shape index (κ2) is 4.17. The Hall–Kier alpha value is -0.770. The number of carbonyl (C=O) groups is 1. The third kappa shape index (κ3) is 2.18. The second-order valence-corrected chi connectivity index (χ2v) is 3.75. The zero-order valence-corrected chi connectivity index (χ0v) is 8.93. The van der Waals surface area contributed by atoms with Crippen molar-refractivity contribution in [3.63, 3.8) is 0 Å². The highest BCUT2D eigenvalue weighted by Gasteiger charge is 2.18. The van der Waals surface area contributed by atoms with Gasteiger partial charge >= 0.3 is 0 Å². The molecule has 1 unspecified atom stereocenters. The fourth-order valence-corrected chi connectivity index (χ4v) is 1.68. The van der Waals surface area contributed by atoms with Gasteiger partial charge in [-0.15, -0.1) is 0 Å². The van der Waals surface area contributed by atoms with Crippen LogP contribution >= 0.6 is 23.2 Å². The molecule has 3 N–H and O–H groups in total. The van der Waals surface area contributed by atoms with Crippen LogP contribution in [-0.4, -0.2) is 16.9 Å². The van der Waals surface area contributed by atoms with Crippen LogP contribution in [0.4, 0.5) is 0 Å². The number of hydrogen-bond acceptors (Lipinski definition) is 3. The summed E-state index contributed by atoms with van der Waals surface area (Å²) in [6.07, 6.45) is 0. The van der Waals surface area contributed by atoms with Crippen molar-refractivity contribution >= 4 is 29.0 Å². The molecule has 0 fully saturated rings. The molecule has 0 aromatic heterocycles. The number of ketones is 1. The Morgan fingerprint density at radius 3 is 2.21 bits per heavy atom. The lowest BCUT2D eigenvalue weighted by Gasteiger charge is -2.08. The molecule has 3 nitrogen and oxygen atoms in total. The van der Waals surface area contributed by atoms with E-state index >= 15 is 0 Å². The zero-order valence-electron chi connectivity index (χ0n) is 7.42. The third-order valence-corrected chi connectivity index (χ3v) is 2.28. The number of halogens is 2. The Bertz CT molecular complexity index is 354. The van der Waals surface area contributed by atoms with Gasteiger partial charge in [-0.2, -0.15) is 0 Å². The number of carbonyl (C=O) groups excluding carboxylic acids is 1. The number of phenolic OH excluding ortho intramolecular Hbond substituents is 1. The predicted molar refractivity (Wildman–Crippen MR) is 56.1 cm³/mol. The van der Waals surface area contributed by atoms with Gasteiger partial charge in [0.15, 0.2) is 5.78 Å². The molecule has 76 valence electrons. The van der Waals surface area contributed by atoms with Crippen molar-refractivity contribution in [3.8, 4) is 5.75 Å². The minimum atomic E-state index is -0.672. The Balaban J connectivity index is 3.28. The topological polar surface area (TPSA) is 63.3 Å². The molecule has 0 heterocycles. The summed E-state index contributed by atoms with van der Waals surface area (Å²) in [6, 6.07) is 1.83. The van der Waals surface area contributed by atoms with Gasteiger partial charge in [-0.05, 0) is 19.1 Å². The summed E-state index contributed by atoms with van der Waals surface area (Å²) >= 11 is 11.5. The molecule has 1 aromatic carbocycles. The van der Waals surface area contributed by atoms with Gasteiger partial charge in [0.1, 0.15) is 5.75 Å². The van der Waals surface area contributed by atoms with Crippen LogP contribution in [0, 0.1) is 0 Å². The van der Waals surface area contributed by atoms with Gasteiger partial charge in [0.2, 0.25) is 0 Å². The van der Waals surface area contributed by atoms with Gasteiger partial charge in [-0.1, -0.05) is 23.2 Å². The number of Topliss-reactive ketones (excluding diaryl/α,β-unsaturated/α-hetero) is 1. The Kier molecular flexibility index (Phi) is 3.37. The van der Waals surface area contributed by atoms with E-state index in [0.717, 1.165) is 0 Å². The maximum Gasteiger partial charge on any atom is 0.182 e. The lowest BCUT2D eigenvalue weighted by atomic mass is 10.1. The number of benzene rings is 1. The van der Waals surface area contributed by atoms with E-state index in [0.29, 0.717) is 0 Å². The smallest absolute Gasteiger partial charge is 0.182 e. The van der Waals surface area contributed by atoms with Gasteiger partial charge in [0, 0.05) is 0 Å². The highest BCUT2D eigenvalue weighted by Crippen LogP contribution is 2.30. The molecule has 0 bridgehead atoms. The molecule has 14 heavy (non-hydrogen) atoms. The molecule has 0 radical (unpaired) electrons. The first-order valence-electron chi connectivity index (χ1n) is 3.91. The highest BCUT2D eigenvalue weighted by molar-refractivity contribution is 6.40. The molecular formula is C9H9Cl2NO2. The quantitative estimate of drug-likeness (QED) is 0.771. The summed E-state index contributed by atoms with van der Waals surface area (Å²) in [6.45, 7) is 1.54. The van der Waals surface area contributed by atoms with Gasteiger partial charge in [-0.3, -0.25) is 4.79 Å². The lowest BCUT2D eigenvalue weighted by molar-refractivity contribution is 0.0968. The molecule has 1 aromatic rings. The standard InChI is InChI=1S/C9H9Cl2NO2/c1-4(12)9(14)8-6(10)2-5(13)3-7(8)11/h2-4,13H,12H2,1H3. The lowest BCUT2D eigenvalue weighted by Crippen LogP contribution is -2.27. The minimum Gasteiger partial charge on any atom is -0.508 e. The largest absolute Gasteiger partial charge is 0.508 e. The van der Waals surface area contributed by atoms with Crippen LogP contribution in [0.2, 0.25) is 10.0 Å². The molecule has 0 aliphatic carbocycles. The number of aromatic hydroxyl groups is 1. The van der Waals surface area contributed by atoms with Gasteiger partial charge in [-0.25, -0.2) is 0 Å². The number of rotatable bonds is 2. The average molecular weight is 234 g/mol. The second-order valence-electron chi connectivity index (χ2n) is 2.94. The van der Waals surface area contributed by atoms with E-state index < -0.39 is 6.04 Å². The van der Waals surface area contributed by atoms with E-state index in [1.165, 1.54) is 12.1 Å². The summed E-state index contributed by atoms with van der Waals surface area (Å²) in [4.78, 5) is 11.5. The van der Waals surface area contributed by atoms with E-state index in [9.17, 15) is 4.79 Å². The molecular weight excluding hydrogens is 225 g/mol. The number of hydrogen-bond donors (Lipinski definition) is 2. The van der Waals surface area contributed by atoms with E-state index in [2.05, 4.69) is 0 Å². The number of phenols is 1. The van der Waals surface area contributed by atoms with Crippen molar-refractivity contribution in [1.82, 2.24) is 0 Å². The van der Waals surface area contributed by atoms with Crippen LogP contribution in [0.15, 0.2) is 12.1 Å². The average Bonchev–Trinajstić information content (AvgIpc) is 2.01. The monoisotopic (exact) mass is 233 g/mol. The van der Waals surface area contributed by atoms with E-state index in [1.54, 1.807) is 6.92 Å². The molecule has 0 saturated carbocycles. The van der Waals surface area contributed by atoms with E-state index in [1.807, 2.05) is 0 Å². The number of nitrogens with two attached hydrogens (primary N) is 1. The third-order valence-electron chi connectivity index (χ3n) is 1.69. The molecule has 1 atom stereocenters. The van der Waals surface area contributed by atoms with Crippen LogP contribution < -0.4 is 5.73 Å². The Morgan fingerprint density at radius 1 is 1.43 bits per heavy atom. The van der Waals surface area contributed by atoms with Crippen molar-refractivity contribution in [1.29, 1.82) is 0 Å². The fourth-order valence-electron chi connectivity index (χ4n) is 1.02. The molecule has 0 amide bonds. The van der Waals surface area contributed by atoms with Crippen molar-refractivity contribution in [2.24, 2.45) is 5.73 Å². The predicted octanol–water partition coefficient (Wildman–Crippen LogP) is 2.23. The molecule has 1 rings (SSSR count). The summed E-state index contributed by atoms with van der Waals surface area (Å²) in [5.74, 6) is -0.429. The summed E-state index contributed by atoms with van der Waals surface area (Å²) in [5, 5.41) is 9.34. The van der Waals surface area contributed by atoms with Crippen molar-refractivity contribution in [3.05, 3.63) is 27.7 Å². The van der Waals surface area contributed by atoms with Crippen LogP contribution in [-0.2, 0) is 0 Å². The summed E-state index contributed by atoms with van der Waals surface area (Å²) in [5.41, 5.74) is 5.57. The maximum atomic E-state index is 11.5. The maximum absolute atomic E-state index is 11.5. The van der Waals surface area contributed by atoms with Crippen LogP contribution in [0.3, 0.4) is 0 Å². The molecule has 0 aliphatic heterocycles. The van der Waals surface area contributed by atoms with Gasteiger partial charge in [0.05, 0.1) is 21.7 Å². The van der Waals surface area contributed by atoms with Crippen LogP contribution in [0.25, 0.3) is 0 Å². The molecule has 0 saturated heterocycles. The molecule has 5 heteroatoms. The Labute approximate surface area is 91.4 Å². The first kappa shape index (κ1) is 11.3. The molecule has 0 aliphatic rings. The highest BCUT2D eigenvalue weighted by atomic mass is 35.5. The fraction of sp³-hybridized carbons (Fsp3) is 0.222. The normalized spacial score (nSPS) is 12.6. The summed E-state index contributed by atoms with van der Waals surface area (Å²) in [7, 11) is 0. The Morgan fingerprint density at radius 2 is 1.86 bits per heavy atom.